The number of hydrogen-bond donors (Lipinski definition) is 1. The summed E-state index contributed by atoms with van der Waals surface area (Å²) in [5, 5.41) is 19.0. The molecule has 1 atom stereocenters. The van der Waals surface area contributed by atoms with E-state index in [-0.39, 0.29) is 6.10 Å². The minimum atomic E-state index is -0.972. The molecule has 0 rings (SSSR count). The monoisotopic (exact) mass is 233 g/mol. The van der Waals surface area contributed by atoms with Crippen molar-refractivity contribution in [1.82, 2.24) is 0 Å². The zero-order valence-electron chi connectivity index (χ0n) is 11.7. The van der Waals surface area contributed by atoms with Crippen molar-refractivity contribution in [2.45, 2.75) is 40.2 Å². The van der Waals surface area contributed by atoms with Gasteiger partial charge < -0.3 is 19.5 Å². The van der Waals surface area contributed by atoms with Crippen molar-refractivity contribution in [1.29, 1.82) is 0 Å². The van der Waals surface area contributed by atoms with Crippen molar-refractivity contribution in [3.63, 3.8) is 0 Å². The Morgan fingerprint density at radius 1 is 1.38 bits per heavy atom. The molecule has 0 saturated carbocycles. The summed E-state index contributed by atoms with van der Waals surface area (Å²) in [7, 11) is 6.19. The van der Waals surface area contributed by atoms with Crippen molar-refractivity contribution >= 4 is 5.97 Å². The van der Waals surface area contributed by atoms with Gasteiger partial charge in [-0.25, -0.2) is 0 Å². The summed E-state index contributed by atoms with van der Waals surface area (Å²) in [5.74, 6) is -0.972. The molecule has 0 spiro atoms. The maximum Gasteiger partial charge on any atom is 0.104 e. The van der Waals surface area contributed by atoms with Gasteiger partial charge in [-0.3, -0.25) is 0 Å². The Morgan fingerprint density at radius 3 is 1.75 bits per heavy atom. The minimum absolute atomic E-state index is 0.185. The number of hydrogen-bond acceptors (Lipinski definition) is 3. The first-order chi connectivity index (χ1) is 6.92. The molecule has 0 amide bonds. The van der Waals surface area contributed by atoms with Crippen LogP contribution in [0.3, 0.4) is 0 Å². The van der Waals surface area contributed by atoms with Crippen LogP contribution in [0.25, 0.3) is 0 Å². The molecule has 4 nitrogen and oxygen atoms in total. The van der Waals surface area contributed by atoms with E-state index in [9.17, 15) is 9.90 Å². The Hall–Kier alpha value is -0.610. The van der Waals surface area contributed by atoms with Gasteiger partial charge in [0.15, 0.2) is 0 Å². The number of aliphatic hydroxyl groups is 1. The average molecular weight is 233 g/mol. The van der Waals surface area contributed by atoms with Crippen LogP contribution in [-0.2, 0) is 4.79 Å². The van der Waals surface area contributed by atoms with Crippen LogP contribution >= 0.6 is 0 Å². The standard InChI is InChI=1S/C6H16NO.C6H12O2/c1-6(8)5-7(2,3)4;1-4-6(2,3)5(7)8/h6,8H,5H2,1-4H3;4H2,1-3H3,(H,7,8)/q+1;/p-1. The Balaban J connectivity index is 0. The molecule has 1 N–H and O–H groups in total. The van der Waals surface area contributed by atoms with Gasteiger partial charge in [-0.05, 0) is 13.3 Å². The molecule has 4 heteroatoms. The molecule has 0 aromatic rings. The lowest BCUT2D eigenvalue weighted by Gasteiger charge is -2.24. The van der Waals surface area contributed by atoms with Crippen LogP contribution < -0.4 is 5.11 Å². The number of carbonyl (C=O) groups is 1. The second-order valence-electron chi connectivity index (χ2n) is 5.85. The van der Waals surface area contributed by atoms with Crippen LogP contribution in [0.2, 0.25) is 0 Å². The van der Waals surface area contributed by atoms with E-state index in [0.29, 0.717) is 6.42 Å². The molecule has 16 heavy (non-hydrogen) atoms. The van der Waals surface area contributed by atoms with Gasteiger partial charge in [0.1, 0.15) is 12.6 Å². The van der Waals surface area contributed by atoms with Gasteiger partial charge in [-0.2, -0.15) is 0 Å². The predicted molar refractivity (Wildman–Crippen MR) is 63.7 cm³/mol. The molecule has 0 aliphatic rings. The third-order valence-corrected chi connectivity index (χ3v) is 2.25. The number of carboxylic acids is 1. The predicted octanol–water partition coefficient (Wildman–Crippen LogP) is 0.246. The van der Waals surface area contributed by atoms with Crippen LogP contribution in [-0.4, -0.2) is 49.4 Å². The summed E-state index contributed by atoms with van der Waals surface area (Å²) in [6.45, 7) is 7.77. The second-order valence-corrected chi connectivity index (χ2v) is 5.85. The van der Waals surface area contributed by atoms with Crippen LogP contribution in [0.15, 0.2) is 0 Å². The largest absolute Gasteiger partial charge is 0.550 e. The molecule has 98 valence electrons. The summed E-state index contributed by atoms with van der Waals surface area (Å²) in [5.41, 5.74) is -0.653. The van der Waals surface area contributed by atoms with Crippen LogP contribution in [0.4, 0.5) is 0 Å². The molecule has 1 unspecified atom stereocenters. The van der Waals surface area contributed by atoms with E-state index >= 15 is 0 Å². The van der Waals surface area contributed by atoms with Gasteiger partial charge >= 0.3 is 0 Å². The smallest absolute Gasteiger partial charge is 0.104 e. The fraction of sp³-hybridized carbons (Fsp3) is 0.917. The number of rotatable bonds is 4. The number of quaternary nitrogens is 1. The highest BCUT2D eigenvalue weighted by molar-refractivity contribution is 5.71. The first-order valence-electron chi connectivity index (χ1n) is 5.62. The Bertz CT molecular complexity index is 205. The zero-order valence-corrected chi connectivity index (χ0v) is 11.7. The second kappa shape index (κ2) is 6.86. The zero-order chi connectivity index (χ0) is 13.6. The Labute approximate surface area is 99.5 Å². The highest BCUT2D eigenvalue weighted by atomic mass is 16.4. The average Bonchev–Trinajstić information content (AvgIpc) is 2.00. The maximum atomic E-state index is 10.1. The molecule has 0 bridgehead atoms. The van der Waals surface area contributed by atoms with Gasteiger partial charge in [-0.1, -0.05) is 20.8 Å². The van der Waals surface area contributed by atoms with E-state index in [4.69, 9.17) is 5.11 Å². The lowest BCUT2D eigenvalue weighted by Crippen LogP contribution is -2.40. The van der Waals surface area contributed by atoms with Gasteiger partial charge in [-0.15, -0.1) is 0 Å². The van der Waals surface area contributed by atoms with Crippen LogP contribution in [0, 0.1) is 5.41 Å². The summed E-state index contributed by atoms with van der Waals surface area (Å²) >= 11 is 0. The van der Waals surface area contributed by atoms with E-state index in [0.717, 1.165) is 11.0 Å². The van der Waals surface area contributed by atoms with Crippen LogP contribution in [0.1, 0.15) is 34.1 Å². The minimum Gasteiger partial charge on any atom is -0.550 e. The molecular formula is C12H27NO3. The van der Waals surface area contributed by atoms with Crippen molar-refractivity contribution in [3.8, 4) is 0 Å². The van der Waals surface area contributed by atoms with E-state index in [1.807, 2.05) is 13.8 Å². The van der Waals surface area contributed by atoms with Crippen molar-refractivity contribution in [2.24, 2.45) is 5.41 Å². The van der Waals surface area contributed by atoms with Crippen molar-refractivity contribution in [3.05, 3.63) is 0 Å². The fourth-order valence-electron chi connectivity index (χ4n) is 0.937. The third-order valence-electron chi connectivity index (χ3n) is 2.25. The summed E-state index contributed by atoms with van der Waals surface area (Å²) in [6.07, 6.45) is 0.435. The van der Waals surface area contributed by atoms with E-state index < -0.39 is 11.4 Å². The van der Waals surface area contributed by atoms with Gasteiger partial charge in [0.05, 0.1) is 21.1 Å². The Morgan fingerprint density at radius 2 is 1.75 bits per heavy atom. The normalized spacial score (nSPS) is 13.8. The topological polar surface area (TPSA) is 60.4 Å². The van der Waals surface area contributed by atoms with E-state index in [1.165, 1.54) is 0 Å². The van der Waals surface area contributed by atoms with Crippen LogP contribution in [0.5, 0.6) is 0 Å². The SMILES string of the molecule is CC(O)C[N+](C)(C)C.CCC(C)(C)C(=O)[O-]. The van der Waals surface area contributed by atoms with Crippen molar-refractivity contribution < 1.29 is 19.5 Å². The fourth-order valence-corrected chi connectivity index (χ4v) is 0.937. The molecule has 0 aliphatic heterocycles. The summed E-state index contributed by atoms with van der Waals surface area (Å²) in [4.78, 5) is 10.1. The highest BCUT2D eigenvalue weighted by Gasteiger charge is 2.15. The first-order valence-corrected chi connectivity index (χ1v) is 5.62. The number of nitrogens with zero attached hydrogens (tertiary/aromatic N) is 1. The molecule has 0 radical (unpaired) electrons. The maximum absolute atomic E-state index is 10.1. The lowest BCUT2D eigenvalue weighted by atomic mass is 9.91. The van der Waals surface area contributed by atoms with Gasteiger partial charge in [0, 0.05) is 11.4 Å². The third kappa shape index (κ3) is 11.5. The quantitative estimate of drug-likeness (QED) is 0.708. The molecule has 0 fully saturated rings. The lowest BCUT2D eigenvalue weighted by molar-refractivity contribution is -0.873. The number of likely N-dealkylation sites (N-methyl/N-ethyl adjacent to an activating group) is 1. The molecule has 0 saturated heterocycles. The van der Waals surface area contributed by atoms with Gasteiger partial charge in [0.25, 0.3) is 0 Å². The molecule has 0 aromatic carbocycles. The van der Waals surface area contributed by atoms with E-state index in [2.05, 4.69) is 21.1 Å². The molecular weight excluding hydrogens is 206 g/mol. The van der Waals surface area contributed by atoms with Gasteiger partial charge in [0.2, 0.25) is 0 Å². The number of aliphatic hydroxyl groups excluding tert-OH is 1. The molecule has 0 aliphatic carbocycles. The van der Waals surface area contributed by atoms with E-state index in [1.54, 1.807) is 13.8 Å². The Kier molecular flexibility index (Phi) is 7.62. The van der Waals surface area contributed by atoms with Crippen molar-refractivity contribution in [2.75, 3.05) is 27.7 Å². The first kappa shape index (κ1) is 17.8. The molecule has 0 heterocycles. The number of carboxylic acid groups (broad SMARTS) is 1. The molecule has 0 aromatic heterocycles. The number of carbonyl (C=O) groups excluding carboxylic acids is 1. The highest BCUT2D eigenvalue weighted by Crippen LogP contribution is 2.17. The number of aliphatic carboxylic acids is 1. The summed E-state index contributed by atoms with van der Waals surface area (Å²) in [6, 6.07) is 0. The summed E-state index contributed by atoms with van der Waals surface area (Å²) < 4.78 is 0.831.